The summed E-state index contributed by atoms with van der Waals surface area (Å²) in [5, 5.41) is 0. The van der Waals surface area contributed by atoms with E-state index in [0.717, 1.165) is 74.4 Å². The van der Waals surface area contributed by atoms with Gasteiger partial charge in [0.1, 0.15) is 5.69 Å². The zero-order valence-corrected chi connectivity index (χ0v) is 20.2. The van der Waals surface area contributed by atoms with Gasteiger partial charge in [-0.1, -0.05) is 12.1 Å². The molecule has 1 aromatic carbocycles. The second-order valence-corrected chi connectivity index (χ2v) is 9.16. The van der Waals surface area contributed by atoms with Crippen molar-refractivity contribution in [3.63, 3.8) is 0 Å². The molecule has 3 aliphatic rings. The SMILES string of the molecule is C=CCn1c(C)c(N2CCOCC2)c(C)c1C(=O)N1CCN(Cc2ccc3c(c2)OCO3)CC1. The number of fused-ring (bicyclic) bond motifs is 1. The van der Waals surface area contributed by atoms with Crippen molar-refractivity contribution in [2.45, 2.75) is 26.9 Å². The Bertz CT molecular complexity index is 1070. The third kappa shape index (κ3) is 4.28. The van der Waals surface area contributed by atoms with Crippen LogP contribution < -0.4 is 14.4 Å². The molecule has 3 aliphatic heterocycles. The summed E-state index contributed by atoms with van der Waals surface area (Å²) in [6, 6.07) is 6.12. The Hall–Kier alpha value is -2.97. The molecule has 8 heteroatoms. The van der Waals surface area contributed by atoms with Crippen LogP contribution in [0.15, 0.2) is 30.9 Å². The van der Waals surface area contributed by atoms with Crippen molar-refractivity contribution in [3.8, 4) is 11.5 Å². The molecule has 8 nitrogen and oxygen atoms in total. The maximum atomic E-state index is 13.7. The van der Waals surface area contributed by atoms with Crippen molar-refractivity contribution >= 4 is 11.6 Å². The number of rotatable bonds is 6. The van der Waals surface area contributed by atoms with E-state index < -0.39 is 0 Å². The molecule has 0 bridgehead atoms. The molecular weight excluding hydrogens is 432 g/mol. The summed E-state index contributed by atoms with van der Waals surface area (Å²) in [6.45, 7) is 16.2. The van der Waals surface area contributed by atoms with Gasteiger partial charge in [0.25, 0.3) is 5.91 Å². The molecule has 0 unspecified atom stereocenters. The number of nitrogens with zero attached hydrogens (tertiary/aromatic N) is 4. The van der Waals surface area contributed by atoms with E-state index in [1.807, 2.05) is 17.0 Å². The van der Waals surface area contributed by atoms with E-state index in [9.17, 15) is 4.79 Å². The highest BCUT2D eigenvalue weighted by atomic mass is 16.7. The molecule has 0 aliphatic carbocycles. The number of carbonyl (C=O) groups excluding carboxylic acids is 1. The highest BCUT2D eigenvalue weighted by Crippen LogP contribution is 2.34. The number of allylic oxidation sites excluding steroid dienone is 1. The second-order valence-electron chi connectivity index (χ2n) is 9.16. The van der Waals surface area contributed by atoms with Crippen LogP contribution in [0.25, 0.3) is 0 Å². The summed E-state index contributed by atoms with van der Waals surface area (Å²) in [7, 11) is 0. The zero-order chi connectivity index (χ0) is 23.7. The lowest BCUT2D eigenvalue weighted by Gasteiger charge is -2.35. The van der Waals surface area contributed by atoms with Gasteiger partial charge in [-0.05, 0) is 31.5 Å². The summed E-state index contributed by atoms with van der Waals surface area (Å²) in [4.78, 5) is 20.5. The van der Waals surface area contributed by atoms with E-state index in [-0.39, 0.29) is 5.91 Å². The van der Waals surface area contributed by atoms with E-state index in [2.05, 4.69) is 46.9 Å². The number of piperazine rings is 1. The van der Waals surface area contributed by atoms with Crippen LogP contribution >= 0.6 is 0 Å². The summed E-state index contributed by atoms with van der Waals surface area (Å²) in [5.41, 5.74) is 5.36. The van der Waals surface area contributed by atoms with Gasteiger partial charge in [-0.15, -0.1) is 6.58 Å². The lowest BCUT2D eigenvalue weighted by Crippen LogP contribution is -2.48. The van der Waals surface area contributed by atoms with Gasteiger partial charge in [0.15, 0.2) is 11.5 Å². The molecule has 0 saturated carbocycles. The van der Waals surface area contributed by atoms with Crippen LogP contribution in [0.2, 0.25) is 0 Å². The molecule has 0 spiro atoms. The van der Waals surface area contributed by atoms with Gasteiger partial charge in [0.2, 0.25) is 6.79 Å². The molecule has 0 N–H and O–H groups in total. The number of amides is 1. The average molecular weight is 467 g/mol. The number of anilines is 1. The molecule has 0 atom stereocenters. The van der Waals surface area contributed by atoms with Gasteiger partial charge in [0, 0.05) is 63.6 Å². The highest BCUT2D eigenvalue weighted by molar-refractivity contribution is 5.96. The maximum Gasteiger partial charge on any atom is 0.270 e. The average Bonchev–Trinajstić information content (AvgIpc) is 3.42. The predicted molar refractivity (Wildman–Crippen MR) is 131 cm³/mol. The van der Waals surface area contributed by atoms with Gasteiger partial charge in [-0.25, -0.2) is 0 Å². The molecule has 2 aromatic rings. The molecule has 1 amide bonds. The van der Waals surface area contributed by atoms with Crippen LogP contribution in [-0.4, -0.2) is 79.5 Å². The summed E-state index contributed by atoms with van der Waals surface area (Å²) < 4.78 is 18.6. The van der Waals surface area contributed by atoms with E-state index >= 15 is 0 Å². The van der Waals surface area contributed by atoms with E-state index in [0.29, 0.717) is 26.4 Å². The van der Waals surface area contributed by atoms with Gasteiger partial charge in [-0.2, -0.15) is 0 Å². The molecule has 2 saturated heterocycles. The minimum absolute atomic E-state index is 0.115. The number of aromatic nitrogens is 1. The standard InChI is InChI=1S/C26H34N4O4/c1-4-7-30-20(3)24(28-12-14-32-15-13-28)19(2)25(30)26(31)29-10-8-27(9-11-29)17-21-5-6-22-23(16-21)34-18-33-22/h4-6,16H,1,7-15,17-18H2,2-3H3. The minimum Gasteiger partial charge on any atom is -0.454 e. The molecule has 2 fully saturated rings. The van der Waals surface area contributed by atoms with E-state index in [1.54, 1.807) is 0 Å². The smallest absolute Gasteiger partial charge is 0.270 e. The van der Waals surface area contributed by atoms with Gasteiger partial charge < -0.3 is 28.6 Å². The quantitative estimate of drug-likeness (QED) is 0.611. The maximum absolute atomic E-state index is 13.7. The zero-order valence-electron chi connectivity index (χ0n) is 20.2. The molecule has 182 valence electrons. The molecule has 5 rings (SSSR count). The Labute approximate surface area is 201 Å². The van der Waals surface area contributed by atoms with Crippen molar-refractivity contribution in [1.82, 2.24) is 14.4 Å². The van der Waals surface area contributed by atoms with Crippen molar-refractivity contribution in [1.29, 1.82) is 0 Å². The van der Waals surface area contributed by atoms with Crippen LogP contribution in [0.3, 0.4) is 0 Å². The third-order valence-electron chi connectivity index (χ3n) is 7.07. The van der Waals surface area contributed by atoms with Crippen molar-refractivity contribution < 1.29 is 19.0 Å². The van der Waals surface area contributed by atoms with Crippen molar-refractivity contribution in [3.05, 3.63) is 53.4 Å². The number of benzene rings is 1. The first-order chi connectivity index (χ1) is 16.6. The molecule has 0 radical (unpaired) electrons. The Morgan fingerprint density at radius 1 is 1.03 bits per heavy atom. The largest absolute Gasteiger partial charge is 0.454 e. The van der Waals surface area contributed by atoms with Crippen LogP contribution in [0, 0.1) is 13.8 Å². The highest BCUT2D eigenvalue weighted by Gasteiger charge is 2.30. The normalized spacial score (nSPS) is 18.4. The first kappa shape index (κ1) is 22.8. The van der Waals surface area contributed by atoms with Gasteiger partial charge >= 0.3 is 0 Å². The molecule has 4 heterocycles. The summed E-state index contributed by atoms with van der Waals surface area (Å²) in [6.07, 6.45) is 1.87. The first-order valence-corrected chi connectivity index (χ1v) is 12.1. The predicted octanol–water partition coefficient (Wildman–Crippen LogP) is 2.81. The Morgan fingerprint density at radius 2 is 1.76 bits per heavy atom. The van der Waals surface area contributed by atoms with Crippen molar-refractivity contribution in [2.75, 3.05) is 64.2 Å². The molecular formula is C26H34N4O4. The number of morpholine rings is 1. The van der Waals surface area contributed by atoms with Gasteiger partial charge in [0.05, 0.1) is 18.9 Å². The summed E-state index contributed by atoms with van der Waals surface area (Å²) in [5.74, 6) is 1.74. The fraction of sp³-hybridized carbons (Fsp3) is 0.500. The fourth-order valence-corrected chi connectivity index (χ4v) is 5.32. The van der Waals surface area contributed by atoms with Crippen LogP contribution in [-0.2, 0) is 17.8 Å². The Kier molecular flexibility index (Phi) is 6.52. The minimum atomic E-state index is 0.115. The van der Waals surface area contributed by atoms with Crippen LogP contribution in [0.1, 0.15) is 27.3 Å². The summed E-state index contributed by atoms with van der Waals surface area (Å²) >= 11 is 0. The topological polar surface area (TPSA) is 59.4 Å². The van der Waals surface area contributed by atoms with Crippen LogP contribution in [0.4, 0.5) is 5.69 Å². The Morgan fingerprint density at radius 3 is 2.50 bits per heavy atom. The lowest BCUT2D eigenvalue weighted by atomic mass is 10.1. The van der Waals surface area contributed by atoms with E-state index in [1.165, 1.54) is 11.3 Å². The molecule has 1 aromatic heterocycles. The van der Waals surface area contributed by atoms with Gasteiger partial charge in [-0.3, -0.25) is 9.69 Å². The second kappa shape index (κ2) is 9.72. The number of ether oxygens (including phenoxy) is 3. The lowest BCUT2D eigenvalue weighted by molar-refractivity contribution is 0.0617. The van der Waals surface area contributed by atoms with Crippen LogP contribution in [0.5, 0.6) is 11.5 Å². The van der Waals surface area contributed by atoms with Crippen molar-refractivity contribution in [2.24, 2.45) is 0 Å². The van der Waals surface area contributed by atoms with E-state index in [4.69, 9.17) is 14.2 Å². The fourth-order valence-electron chi connectivity index (χ4n) is 5.32. The monoisotopic (exact) mass is 466 g/mol. The number of hydrogen-bond acceptors (Lipinski definition) is 6. The molecule has 34 heavy (non-hydrogen) atoms. The first-order valence-electron chi connectivity index (χ1n) is 12.1. The Balaban J connectivity index is 1.29. The third-order valence-corrected chi connectivity index (χ3v) is 7.07. The number of carbonyl (C=O) groups is 1. The number of hydrogen-bond donors (Lipinski definition) is 0.